The molecule has 0 saturated carbocycles. The number of carbonyl (C=O) groups excluding carboxylic acids is 1. The van der Waals surface area contributed by atoms with E-state index in [-0.39, 0.29) is 25.1 Å². The molecule has 0 aliphatic carbocycles. The Morgan fingerprint density at radius 2 is 1.79 bits per heavy atom. The van der Waals surface area contributed by atoms with Crippen molar-refractivity contribution in [1.29, 1.82) is 0 Å². The molecular formula is C35H43FN2O5. The second-order valence-corrected chi connectivity index (χ2v) is 11.2. The first-order valence-electron chi connectivity index (χ1n) is 15.2. The van der Waals surface area contributed by atoms with Crippen LogP contribution in [0.3, 0.4) is 0 Å². The first-order chi connectivity index (χ1) is 20.7. The summed E-state index contributed by atoms with van der Waals surface area (Å²) in [6.45, 7) is 12.7. The molecular weight excluding hydrogens is 547 g/mol. The number of hydrogen-bond donors (Lipinski definition) is 2. The Balaban J connectivity index is 1.66. The number of fused-ring (bicyclic) bond motifs is 1. The lowest BCUT2D eigenvalue weighted by Crippen LogP contribution is -2.41. The molecule has 8 heteroatoms. The molecule has 0 bridgehead atoms. The molecule has 4 rings (SSSR count). The van der Waals surface area contributed by atoms with Gasteiger partial charge in [-0.1, -0.05) is 63.6 Å². The Bertz CT molecular complexity index is 1390. The molecule has 0 spiro atoms. The lowest BCUT2D eigenvalue weighted by molar-refractivity contribution is -0.142. The van der Waals surface area contributed by atoms with Gasteiger partial charge in [0.15, 0.2) is 11.5 Å². The zero-order valence-corrected chi connectivity index (χ0v) is 25.6. The fourth-order valence-electron chi connectivity index (χ4n) is 6.14. The third-order valence-corrected chi connectivity index (χ3v) is 8.43. The van der Waals surface area contributed by atoms with Crippen LogP contribution in [0.25, 0.3) is 0 Å². The zero-order chi connectivity index (χ0) is 31.1. The maximum Gasteiger partial charge on any atom is 0.309 e. The second-order valence-electron chi connectivity index (χ2n) is 11.2. The number of halogens is 1. The van der Waals surface area contributed by atoms with Gasteiger partial charge in [-0.25, -0.2) is 4.39 Å². The summed E-state index contributed by atoms with van der Waals surface area (Å²) >= 11 is 0. The number of amides is 1. The van der Waals surface area contributed by atoms with Gasteiger partial charge in [0.05, 0.1) is 12.5 Å². The van der Waals surface area contributed by atoms with Crippen LogP contribution >= 0.6 is 0 Å². The summed E-state index contributed by atoms with van der Waals surface area (Å²) in [6, 6.07) is 7.79. The Hall–Kier alpha value is -3.91. The molecule has 0 unspecified atom stereocenters. The number of benzene rings is 2. The number of aryl methyl sites for hydroxylation is 2. The van der Waals surface area contributed by atoms with E-state index >= 15 is 0 Å². The number of rotatable bonds is 13. The van der Waals surface area contributed by atoms with E-state index in [4.69, 9.17) is 9.47 Å². The summed E-state index contributed by atoms with van der Waals surface area (Å²) in [5, 5.41) is 13.6. The van der Waals surface area contributed by atoms with Crippen molar-refractivity contribution in [3.8, 4) is 11.5 Å². The highest BCUT2D eigenvalue weighted by atomic mass is 19.1. The highest BCUT2D eigenvalue weighted by Gasteiger charge is 2.48. The van der Waals surface area contributed by atoms with E-state index in [0.717, 1.165) is 41.5 Å². The van der Waals surface area contributed by atoms with Crippen LogP contribution in [0.2, 0.25) is 0 Å². The number of ether oxygens (including phenoxy) is 2. The lowest BCUT2D eigenvalue weighted by Gasteiger charge is -2.27. The van der Waals surface area contributed by atoms with Crippen LogP contribution < -0.4 is 14.8 Å². The Morgan fingerprint density at radius 1 is 1.09 bits per heavy atom. The summed E-state index contributed by atoms with van der Waals surface area (Å²) < 4.78 is 25.2. The highest BCUT2D eigenvalue weighted by Crippen LogP contribution is 2.43. The number of anilines is 1. The summed E-state index contributed by atoms with van der Waals surface area (Å²) in [5.41, 5.74) is 4.66. The zero-order valence-electron chi connectivity index (χ0n) is 25.6. The van der Waals surface area contributed by atoms with Crippen molar-refractivity contribution in [2.45, 2.75) is 71.8 Å². The molecule has 2 aliphatic rings. The smallest absolute Gasteiger partial charge is 0.309 e. The van der Waals surface area contributed by atoms with Gasteiger partial charge in [0.2, 0.25) is 12.7 Å². The number of carbonyl (C=O) groups is 2. The van der Waals surface area contributed by atoms with Gasteiger partial charge in [-0.05, 0) is 79.1 Å². The molecule has 2 aliphatic heterocycles. The van der Waals surface area contributed by atoms with Gasteiger partial charge >= 0.3 is 5.97 Å². The van der Waals surface area contributed by atoms with E-state index in [0.29, 0.717) is 42.1 Å². The number of nitrogens with zero attached hydrogens (tertiary/aromatic N) is 1. The number of nitrogens with one attached hydrogen (secondary N) is 1. The topological polar surface area (TPSA) is 88.1 Å². The fourth-order valence-corrected chi connectivity index (χ4v) is 6.14. The van der Waals surface area contributed by atoms with Gasteiger partial charge in [0.1, 0.15) is 5.82 Å². The van der Waals surface area contributed by atoms with Gasteiger partial charge in [0, 0.05) is 24.2 Å². The summed E-state index contributed by atoms with van der Waals surface area (Å²) in [6.07, 6.45) is 10.1. The molecule has 1 fully saturated rings. The standard InChI is InChI=1S/C35H43FN2O5/c1-6-10-11-23(7-2)13-12-22(5)34-32(35(40)41)28(26-14-15-29-30(18-26)43-21-42-29)19-38(34)20-31(39)37-33-24(8-3)16-27(36)17-25(33)9-4/h7,12-18,28,32,34H,5-6,8-11,19-21H2,1-4H3,(H,37,39)(H,40,41)/b13-12-,23-7-/t28-,32-,34+/m1/s1. The van der Waals surface area contributed by atoms with Gasteiger partial charge in [-0.15, -0.1) is 0 Å². The monoisotopic (exact) mass is 590 g/mol. The highest BCUT2D eigenvalue weighted by molar-refractivity contribution is 5.94. The maximum atomic E-state index is 14.2. The Labute approximate surface area is 254 Å². The molecule has 2 aromatic rings. The van der Waals surface area contributed by atoms with Crippen LogP contribution in [0.1, 0.15) is 69.6 Å². The van der Waals surface area contributed by atoms with Crippen molar-refractivity contribution in [3.63, 3.8) is 0 Å². The normalized spacial score (nSPS) is 20.1. The SMILES string of the molecule is C=C(/C=C\C(=C/C)CCCC)[C@H]1[C@H](C(=O)O)[C@@H](c2ccc3c(c2)OCO3)CN1CC(=O)Nc1c(CC)cc(F)cc1CC. The second kappa shape index (κ2) is 14.5. The minimum Gasteiger partial charge on any atom is -0.481 e. The van der Waals surface area contributed by atoms with E-state index in [2.05, 4.69) is 24.9 Å². The number of aliphatic carboxylic acids is 1. The van der Waals surface area contributed by atoms with Gasteiger partial charge in [-0.2, -0.15) is 0 Å². The predicted molar refractivity (Wildman–Crippen MR) is 167 cm³/mol. The first kappa shape index (κ1) is 32.0. The van der Waals surface area contributed by atoms with Gasteiger partial charge in [-0.3, -0.25) is 14.5 Å². The Kier molecular flexibility index (Phi) is 10.8. The lowest BCUT2D eigenvalue weighted by atomic mass is 9.82. The fraction of sp³-hybridized carbons (Fsp3) is 0.429. The van der Waals surface area contributed by atoms with E-state index in [1.165, 1.54) is 12.1 Å². The minimum absolute atomic E-state index is 0.0433. The maximum absolute atomic E-state index is 14.2. The molecule has 0 aromatic heterocycles. The van der Waals surface area contributed by atoms with Crippen molar-refractivity contribution < 1.29 is 28.6 Å². The van der Waals surface area contributed by atoms with Crippen molar-refractivity contribution >= 4 is 17.6 Å². The predicted octanol–water partition coefficient (Wildman–Crippen LogP) is 7.04. The number of carboxylic acid groups (broad SMARTS) is 1. The van der Waals surface area contributed by atoms with Crippen molar-refractivity contribution in [1.82, 2.24) is 4.90 Å². The van der Waals surface area contributed by atoms with E-state index in [1.807, 2.05) is 50.0 Å². The summed E-state index contributed by atoms with van der Waals surface area (Å²) in [5.74, 6) is -1.63. The molecule has 230 valence electrons. The molecule has 1 saturated heterocycles. The number of hydrogen-bond acceptors (Lipinski definition) is 5. The largest absolute Gasteiger partial charge is 0.481 e. The van der Waals surface area contributed by atoms with Crippen LogP contribution in [-0.2, 0) is 22.4 Å². The Morgan fingerprint density at radius 3 is 2.42 bits per heavy atom. The average molecular weight is 591 g/mol. The molecule has 0 radical (unpaired) electrons. The quantitative estimate of drug-likeness (QED) is 0.244. The molecule has 7 nitrogen and oxygen atoms in total. The molecule has 2 aromatic carbocycles. The van der Waals surface area contributed by atoms with Crippen LogP contribution in [0.4, 0.5) is 10.1 Å². The molecule has 2 heterocycles. The van der Waals surface area contributed by atoms with Crippen LogP contribution in [0.5, 0.6) is 11.5 Å². The van der Waals surface area contributed by atoms with Crippen molar-refractivity contribution in [2.75, 3.05) is 25.2 Å². The molecule has 43 heavy (non-hydrogen) atoms. The van der Waals surface area contributed by atoms with Crippen molar-refractivity contribution in [2.24, 2.45) is 5.92 Å². The number of unbranched alkanes of at least 4 members (excludes halogenated alkanes) is 1. The number of allylic oxidation sites excluding steroid dienone is 3. The molecule has 3 atom stereocenters. The summed E-state index contributed by atoms with van der Waals surface area (Å²) in [7, 11) is 0. The van der Waals surface area contributed by atoms with Gasteiger partial charge in [0.25, 0.3) is 0 Å². The molecule has 2 N–H and O–H groups in total. The van der Waals surface area contributed by atoms with E-state index in [9.17, 15) is 19.1 Å². The third kappa shape index (κ3) is 7.36. The van der Waals surface area contributed by atoms with Crippen molar-refractivity contribution in [3.05, 3.63) is 88.8 Å². The third-order valence-electron chi connectivity index (χ3n) is 8.43. The number of likely N-dealkylation sites (tertiary alicyclic amines) is 1. The summed E-state index contributed by atoms with van der Waals surface area (Å²) in [4.78, 5) is 28.4. The van der Waals surface area contributed by atoms with E-state index in [1.54, 1.807) is 6.07 Å². The number of carboxylic acids is 1. The van der Waals surface area contributed by atoms with E-state index < -0.39 is 23.8 Å². The average Bonchev–Trinajstić information content (AvgIpc) is 3.62. The van der Waals surface area contributed by atoms with Crippen LogP contribution in [-0.4, -0.2) is 47.8 Å². The minimum atomic E-state index is -0.956. The van der Waals surface area contributed by atoms with Gasteiger partial charge < -0.3 is 19.9 Å². The van der Waals surface area contributed by atoms with Crippen LogP contribution in [0.15, 0.2) is 66.3 Å². The van der Waals surface area contributed by atoms with Crippen LogP contribution in [0, 0.1) is 11.7 Å². The molecule has 1 amide bonds. The first-order valence-corrected chi connectivity index (χ1v) is 15.2.